The van der Waals surface area contributed by atoms with E-state index in [9.17, 15) is 14.4 Å². The molecule has 3 aromatic rings. The van der Waals surface area contributed by atoms with Crippen LogP contribution >= 0.6 is 11.3 Å². The summed E-state index contributed by atoms with van der Waals surface area (Å²) in [6, 6.07) is 10.5. The zero-order chi connectivity index (χ0) is 22.9. The number of nitrogens with one attached hydrogen (secondary N) is 1. The number of amides is 3. The van der Waals surface area contributed by atoms with Gasteiger partial charge in [-0.1, -0.05) is 0 Å². The Morgan fingerprint density at radius 2 is 2.03 bits per heavy atom. The van der Waals surface area contributed by atoms with Crippen molar-refractivity contribution >= 4 is 34.2 Å². The zero-order valence-corrected chi connectivity index (χ0v) is 18.7. The topological polar surface area (TPSA) is 97.8 Å². The van der Waals surface area contributed by atoms with E-state index in [1.54, 1.807) is 13.2 Å². The molecule has 2 aromatic carbocycles. The van der Waals surface area contributed by atoms with E-state index in [1.807, 2.05) is 17.5 Å². The van der Waals surface area contributed by atoms with E-state index < -0.39 is 5.91 Å². The van der Waals surface area contributed by atoms with Crippen molar-refractivity contribution in [2.24, 2.45) is 0 Å². The van der Waals surface area contributed by atoms with Gasteiger partial charge in [0.2, 0.25) is 0 Å². The van der Waals surface area contributed by atoms with Crippen LogP contribution in [0.3, 0.4) is 0 Å². The SMILES string of the molecule is COCCCN1C(=O)c2ccc(C(=O)Nc3nc(-c4ccc5c(c4)CCO5)cs3)cc2C1=O. The molecule has 0 bridgehead atoms. The molecule has 0 atom stereocenters. The van der Waals surface area contributed by atoms with Crippen molar-refractivity contribution in [3.8, 4) is 17.0 Å². The van der Waals surface area contributed by atoms with Crippen molar-refractivity contribution in [3.63, 3.8) is 0 Å². The lowest BCUT2D eigenvalue weighted by Crippen LogP contribution is -2.31. The van der Waals surface area contributed by atoms with Gasteiger partial charge in [0, 0.05) is 43.2 Å². The minimum atomic E-state index is -0.391. The largest absolute Gasteiger partial charge is 0.493 e. The number of imide groups is 1. The van der Waals surface area contributed by atoms with Gasteiger partial charge in [0.25, 0.3) is 17.7 Å². The van der Waals surface area contributed by atoms with Gasteiger partial charge in [0.05, 0.1) is 23.4 Å². The predicted molar refractivity (Wildman–Crippen MR) is 123 cm³/mol. The van der Waals surface area contributed by atoms with Crippen LogP contribution in [0.1, 0.15) is 43.1 Å². The van der Waals surface area contributed by atoms with Crippen molar-refractivity contribution in [2.75, 3.05) is 32.2 Å². The van der Waals surface area contributed by atoms with Gasteiger partial charge in [-0.2, -0.15) is 0 Å². The summed E-state index contributed by atoms with van der Waals surface area (Å²) in [5.41, 5.74) is 3.73. The number of nitrogens with zero attached hydrogens (tertiary/aromatic N) is 2. The standard InChI is InChI=1S/C24H21N3O5S/c1-31-9-2-8-27-22(29)17-5-3-16(12-18(17)23(27)30)21(28)26-24-25-19(13-33-24)14-4-6-20-15(11-14)7-10-32-20/h3-6,11-13H,2,7-10H2,1H3,(H,25,26,28). The van der Waals surface area contributed by atoms with Crippen LogP contribution in [0, 0.1) is 0 Å². The highest BCUT2D eigenvalue weighted by Gasteiger charge is 2.35. The lowest BCUT2D eigenvalue weighted by atomic mass is 10.1. The molecule has 168 valence electrons. The number of carbonyl (C=O) groups excluding carboxylic acids is 3. The van der Waals surface area contributed by atoms with E-state index in [2.05, 4.69) is 16.4 Å². The summed E-state index contributed by atoms with van der Waals surface area (Å²) in [5.74, 6) is -0.219. The minimum absolute atomic E-state index is 0.241. The number of ether oxygens (including phenoxy) is 2. The lowest BCUT2D eigenvalue weighted by molar-refractivity contribution is 0.0638. The van der Waals surface area contributed by atoms with Crippen molar-refractivity contribution in [3.05, 3.63) is 64.0 Å². The van der Waals surface area contributed by atoms with Crippen molar-refractivity contribution in [2.45, 2.75) is 12.8 Å². The number of benzene rings is 2. The zero-order valence-electron chi connectivity index (χ0n) is 17.9. The third-order valence-electron chi connectivity index (χ3n) is 5.67. The van der Waals surface area contributed by atoms with Crippen LogP contribution in [0.2, 0.25) is 0 Å². The molecule has 3 heterocycles. The molecular formula is C24H21N3O5S. The van der Waals surface area contributed by atoms with Crippen LogP contribution in [-0.2, 0) is 11.2 Å². The molecular weight excluding hydrogens is 442 g/mol. The van der Waals surface area contributed by atoms with Crippen LogP contribution in [0.5, 0.6) is 5.75 Å². The Balaban J connectivity index is 1.30. The highest BCUT2D eigenvalue weighted by molar-refractivity contribution is 7.14. The Morgan fingerprint density at radius 3 is 2.88 bits per heavy atom. The number of fused-ring (bicyclic) bond motifs is 2. The van der Waals surface area contributed by atoms with Crippen LogP contribution in [0.4, 0.5) is 5.13 Å². The summed E-state index contributed by atoms with van der Waals surface area (Å²) in [6.45, 7) is 1.42. The first-order chi connectivity index (χ1) is 16.0. The van der Waals surface area contributed by atoms with Gasteiger partial charge in [-0.25, -0.2) is 4.98 Å². The fourth-order valence-electron chi connectivity index (χ4n) is 3.98. The molecule has 0 spiro atoms. The Bertz CT molecular complexity index is 1270. The molecule has 0 saturated carbocycles. The summed E-state index contributed by atoms with van der Waals surface area (Å²) in [4.78, 5) is 43.7. The number of anilines is 1. The summed E-state index contributed by atoms with van der Waals surface area (Å²) in [5, 5.41) is 5.13. The molecule has 0 saturated heterocycles. The highest BCUT2D eigenvalue weighted by Crippen LogP contribution is 2.32. The van der Waals surface area contributed by atoms with E-state index in [0.29, 0.717) is 35.9 Å². The number of rotatable bonds is 7. The average Bonchev–Trinajstić information content (AvgIpc) is 3.54. The van der Waals surface area contributed by atoms with Gasteiger partial charge in [-0.05, 0) is 48.4 Å². The summed E-state index contributed by atoms with van der Waals surface area (Å²) in [7, 11) is 1.57. The van der Waals surface area contributed by atoms with Crippen LogP contribution < -0.4 is 10.1 Å². The molecule has 0 fully saturated rings. The van der Waals surface area contributed by atoms with Crippen molar-refractivity contribution in [1.82, 2.24) is 9.88 Å². The maximum atomic E-state index is 12.8. The van der Waals surface area contributed by atoms with Gasteiger partial charge >= 0.3 is 0 Å². The molecule has 0 unspecified atom stereocenters. The van der Waals surface area contributed by atoms with Crippen molar-refractivity contribution in [1.29, 1.82) is 0 Å². The van der Waals surface area contributed by atoms with Crippen molar-refractivity contribution < 1.29 is 23.9 Å². The number of thiazole rings is 1. The van der Waals surface area contributed by atoms with Gasteiger partial charge in [-0.3, -0.25) is 24.6 Å². The van der Waals surface area contributed by atoms with Crippen LogP contribution in [-0.4, -0.2) is 54.5 Å². The maximum absolute atomic E-state index is 12.8. The molecule has 3 amide bonds. The van der Waals surface area contributed by atoms with Gasteiger partial charge in [0.15, 0.2) is 5.13 Å². The van der Waals surface area contributed by atoms with E-state index in [0.717, 1.165) is 29.0 Å². The fourth-order valence-corrected chi connectivity index (χ4v) is 4.70. The van der Waals surface area contributed by atoms with E-state index in [4.69, 9.17) is 9.47 Å². The molecule has 0 aliphatic carbocycles. The molecule has 5 rings (SSSR count). The molecule has 8 nitrogen and oxygen atoms in total. The molecule has 2 aliphatic rings. The summed E-state index contributed by atoms with van der Waals surface area (Å²) >= 11 is 1.32. The Hall–Kier alpha value is -3.56. The Labute approximate surface area is 194 Å². The second-order valence-corrected chi connectivity index (χ2v) is 8.64. The molecule has 33 heavy (non-hydrogen) atoms. The van der Waals surface area contributed by atoms with Gasteiger partial charge < -0.3 is 9.47 Å². The fraction of sp³-hybridized carbons (Fsp3) is 0.250. The number of carbonyl (C=O) groups is 3. The molecule has 1 aromatic heterocycles. The average molecular weight is 464 g/mol. The number of hydrogen-bond acceptors (Lipinski definition) is 7. The third kappa shape index (κ3) is 4.01. The smallest absolute Gasteiger partial charge is 0.261 e. The molecule has 9 heteroatoms. The minimum Gasteiger partial charge on any atom is -0.493 e. The predicted octanol–water partition coefficient (Wildman–Crippen LogP) is 3.63. The molecule has 0 radical (unpaired) electrons. The molecule has 1 N–H and O–H groups in total. The second-order valence-electron chi connectivity index (χ2n) is 7.78. The normalized spacial score (nSPS) is 14.3. The summed E-state index contributed by atoms with van der Waals surface area (Å²) < 4.78 is 10.5. The number of hydrogen-bond donors (Lipinski definition) is 1. The second kappa shape index (κ2) is 8.76. The first kappa shape index (κ1) is 21.3. The summed E-state index contributed by atoms with van der Waals surface area (Å²) in [6.07, 6.45) is 1.43. The van der Waals surface area contributed by atoms with Crippen LogP contribution in [0.15, 0.2) is 41.8 Å². The monoisotopic (exact) mass is 463 g/mol. The van der Waals surface area contributed by atoms with E-state index in [-0.39, 0.29) is 23.9 Å². The van der Waals surface area contributed by atoms with Gasteiger partial charge in [0.1, 0.15) is 5.75 Å². The highest BCUT2D eigenvalue weighted by atomic mass is 32.1. The lowest BCUT2D eigenvalue weighted by Gasteiger charge is -2.12. The number of methoxy groups -OCH3 is 1. The number of aromatic nitrogens is 1. The first-order valence-corrected chi connectivity index (χ1v) is 11.5. The van der Waals surface area contributed by atoms with E-state index >= 15 is 0 Å². The van der Waals surface area contributed by atoms with Gasteiger partial charge in [-0.15, -0.1) is 11.3 Å². The van der Waals surface area contributed by atoms with Crippen LogP contribution in [0.25, 0.3) is 11.3 Å². The Kier molecular flexibility index (Phi) is 5.65. The first-order valence-electron chi connectivity index (χ1n) is 10.6. The molecule has 2 aliphatic heterocycles. The van der Waals surface area contributed by atoms with E-state index in [1.165, 1.54) is 28.4 Å². The maximum Gasteiger partial charge on any atom is 0.261 e. The Morgan fingerprint density at radius 1 is 1.18 bits per heavy atom. The third-order valence-corrected chi connectivity index (χ3v) is 6.43. The quantitative estimate of drug-likeness (QED) is 0.425.